The molecule has 2 nitrogen and oxygen atoms in total. The Morgan fingerprint density at radius 2 is 1.48 bits per heavy atom. The van der Waals surface area contributed by atoms with Crippen LogP contribution in [0.5, 0.6) is 5.75 Å². The summed E-state index contributed by atoms with van der Waals surface area (Å²) in [5.41, 5.74) is 2.55. The van der Waals surface area contributed by atoms with Crippen molar-refractivity contribution in [1.82, 2.24) is 0 Å². The van der Waals surface area contributed by atoms with E-state index in [2.05, 4.69) is 18.8 Å². The Kier molecular flexibility index (Phi) is 6.44. The van der Waals surface area contributed by atoms with E-state index >= 15 is 0 Å². The Labute approximate surface area is 138 Å². The molecule has 0 radical (unpaired) electrons. The van der Waals surface area contributed by atoms with Gasteiger partial charge in [0.2, 0.25) is 0 Å². The molecule has 0 amide bonds. The van der Waals surface area contributed by atoms with Crippen LogP contribution < -0.4 is 4.74 Å². The van der Waals surface area contributed by atoms with Crippen LogP contribution in [0, 0.1) is 11.8 Å². The molecule has 23 heavy (non-hydrogen) atoms. The van der Waals surface area contributed by atoms with Crippen LogP contribution in [0.25, 0.3) is 0 Å². The zero-order valence-corrected chi connectivity index (χ0v) is 13.8. The molecule has 0 aliphatic rings. The minimum Gasteiger partial charge on any atom is -0.494 e. The number of rotatable bonds is 6. The van der Waals surface area contributed by atoms with E-state index < -0.39 is 0 Å². The normalized spacial score (nSPS) is 9.83. The number of ketones is 1. The van der Waals surface area contributed by atoms with Gasteiger partial charge in [-0.25, -0.2) is 0 Å². The van der Waals surface area contributed by atoms with Crippen LogP contribution in [-0.4, -0.2) is 12.4 Å². The zero-order valence-electron chi connectivity index (χ0n) is 13.8. The molecular weight excluding hydrogens is 284 g/mol. The van der Waals surface area contributed by atoms with Crippen molar-refractivity contribution >= 4 is 5.78 Å². The summed E-state index contributed by atoms with van der Waals surface area (Å²) in [6.45, 7) is 4.51. The van der Waals surface area contributed by atoms with Crippen molar-refractivity contribution in [2.75, 3.05) is 6.61 Å². The van der Waals surface area contributed by atoms with Gasteiger partial charge in [-0.15, -0.1) is 0 Å². The first-order valence-electron chi connectivity index (χ1n) is 8.05. The fraction of sp³-hybridized carbons (Fsp3) is 0.286. The molecule has 0 saturated heterocycles. The quantitative estimate of drug-likeness (QED) is 0.433. The Hall–Kier alpha value is -2.53. The molecular formula is C21H22O2. The van der Waals surface area contributed by atoms with Crippen molar-refractivity contribution in [3.63, 3.8) is 0 Å². The highest BCUT2D eigenvalue weighted by Crippen LogP contribution is 2.12. The van der Waals surface area contributed by atoms with Gasteiger partial charge >= 0.3 is 0 Å². The Balaban J connectivity index is 1.94. The number of ether oxygens (including phenoxy) is 1. The third-order valence-corrected chi connectivity index (χ3v) is 3.51. The van der Waals surface area contributed by atoms with Crippen molar-refractivity contribution in [3.8, 4) is 17.6 Å². The van der Waals surface area contributed by atoms with E-state index in [9.17, 15) is 4.79 Å². The third-order valence-electron chi connectivity index (χ3n) is 3.51. The van der Waals surface area contributed by atoms with E-state index in [0.29, 0.717) is 5.56 Å². The predicted molar refractivity (Wildman–Crippen MR) is 93.9 cm³/mol. The van der Waals surface area contributed by atoms with Gasteiger partial charge in [0, 0.05) is 16.7 Å². The maximum atomic E-state index is 11.2. The van der Waals surface area contributed by atoms with Crippen LogP contribution in [0.4, 0.5) is 0 Å². The smallest absolute Gasteiger partial charge is 0.159 e. The summed E-state index contributed by atoms with van der Waals surface area (Å²) in [5.74, 6) is 7.18. The highest BCUT2D eigenvalue weighted by molar-refractivity contribution is 5.94. The van der Waals surface area contributed by atoms with Crippen LogP contribution in [0.15, 0.2) is 48.5 Å². The van der Waals surface area contributed by atoms with Gasteiger partial charge in [-0.05, 0) is 49.7 Å². The lowest BCUT2D eigenvalue weighted by Gasteiger charge is -2.05. The molecule has 0 N–H and O–H groups in total. The summed E-state index contributed by atoms with van der Waals surface area (Å²) in [4.78, 5) is 11.2. The maximum absolute atomic E-state index is 11.2. The van der Waals surface area contributed by atoms with E-state index in [1.807, 2.05) is 36.4 Å². The Morgan fingerprint density at radius 1 is 0.913 bits per heavy atom. The van der Waals surface area contributed by atoms with Gasteiger partial charge in [-0.2, -0.15) is 0 Å². The minimum atomic E-state index is 0.0686. The number of benzene rings is 2. The highest BCUT2D eigenvalue weighted by Gasteiger charge is 1.97. The summed E-state index contributed by atoms with van der Waals surface area (Å²) in [7, 11) is 0. The van der Waals surface area contributed by atoms with Crippen molar-refractivity contribution in [2.45, 2.75) is 33.1 Å². The first-order chi connectivity index (χ1) is 11.2. The summed E-state index contributed by atoms with van der Waals surface area (Å²) in [6, 6.07) is 15.2. The molecule has 0 aromatic heterocycles. The maximum Gasteiger partial charge on any atom is 0.159 e. The van der Waals surface area contributed by atoms with Crippen molar-refractivity contribution < 1.29 is 9.53 Å². The van der Waals surface area contributed by atoms with E-state index in [-0.39, 0.29) is 5.78 Å². The lowest BCUT2D eigenvalue weighted by molar-refractivity contribution is 0.101. The Bertz CT molecular complexity index is 685. The number of Topliss-reactive ketones (excluding diaryl/α,β-unsaturated/α-hetero) is 1. The van der Waals surface area contributed by atoms with E-state index in [0.717, 1.165) is 29.9 Å². The number of unbranched alkanes of at least 4 members (excludes halogenated alkanes) is 2. The largest absolute Gasteiger partial charge is 0.494 e. The summed E-state index contributed by atoms with van der Waals surface area (Å²) < 4.78 is 5.68. The molecule has 0 aliphatic carbocycles. The SMILES string of the molecule is CCCCCOc1ccc(C#Cc2ccc(C(C)=O)cc2)cc1. The van der Waals surface area contributed by atoms with Gasteiger partial charge in [0.15, 0.2) is 5.78 Å². The summed E-state index contributed by atoms with van der Waals surface area (Å²) >= 11 is 0. The average Bonchev–Trinajstić information content (AvgIpc) is 2.58. The third kappa shape index (κ3) is 5.64. The van der Waals surface area contributed by atoms with E-state index in [1.165, 1.54) is 12.8 Å². The standard InChI is InChI=1S/C21H22O2/c1-3-4-5-16-23-21-14-10-19(11-15-21)7-6-18-8-12-20(13-9-18)17(2)22/h8-15H,3-5,16H2,1-2H3. The summed E-state index contributed by atoms with van der Waals surface area (Å²) in [5, 5.41) is 0. The first kappa shape index (κ1) is 16.8. The molecule has 2 heteroatoms. The fourth-order valence-corrected chi connectivity index (χ4v) is 2.11. The molecule has 0 spiro atoms. The fourth-order valence-electron chi connectivity index (χ4n) is 2.11. The number of carbonyl (C=O) groups excluding carboxylic acids is 1. The molecule has 0 saturated carbocycles. The monoisotopic (exact) mass is 306 g/mol. The molecule has 2 aromatic rings. The predicted octanol–water partition coefficient (Wildman–Crippen LogP) is 4.86. The first-order valence-corrected chi connectivity index (χ1v) is 8.05. The topological polar surface area (TPSA) is 26.3 Å². The van der Waals surface area contributed by atoms with Gasteiger partial charge in [0.1, 0.15) is 5.75 Å². The zero-order chi connectivity index (χ0) is 16.5. The number of hydrogen-bond donors (Lipinski definition) is 0. The van der Waals surface area contributed by atoms with Gasteiger partial charge in [-0.1, -0.05) is 43.7 Å². The van der Waals surface area contributed by atoms with Crippen molar-refractivity contribution in [2.24, 2.45) is 0 Å². The van der Waals surface area contributed by atoms with Crippen LogP contribution >= 0.6 is 0 Å². The van der Waals surface area contributed by atoms with Crippen molar-refractivity contribution in [3.05, 3.63) is 65.2 Å². The molecule has 118 valence electrons. The second-order valence-corrected chi connectivity index (χ2v) is 5.46. The van der Waals surface area contributed by atoms with E-state index in [4.69, 9.17) is 4.74 Å². The van der Waals surface area contributed by atoms with Gasteiger partial charge < -0.3 is 4.74 Å². The molecule has 2 aromatic carbocycles. The van der Waals surface area contributed by atoms with Gasteiger partial charge in [0.25, 0.3) is 0 Å². The molecule has 0 aliphatic heterocycles. The molecule has 0 atom stereocenters. The number of hydrogen-bond acceptors (Lipinski definition) is 2. The second kappa shape index (κ2) is 8.80. The Morgan fingerprint density at radius 3 is 2.00 bits per heavy atom. The molecule has 0 fully saturated rings. The lowest BCUT2D eigenvalue weighted by atomic mass is 10.1. The van der Waals surface area contributed by atoms with Crippen LogP contribution in [0.2, 0.25) is 0 Å². The molecule has 0 bridgehead atoms. The number of carbonyl (C=O) groups is 1. The van der Waals surface area contributed by atoms with Gasteiger partial charge in [-0.3, -0.25) is 4.79 Å². The lowest BCUT2D eigenvalue weighted by Crippen LogP contribution is -1.96. The minimum absolute atomic E-state index is 0.0686. The molecule has 0 unspecified atom stereocenters. The highest BCUT2D eigenvalue weighted by atomic mass is 16.5. The van der Waals surface area contributed by atoms with Crippen LogP contribution in [-0.2, 0) is 0 Å². The van der Waals surface area contributed by atoms with Crippen LogP contribution in [0.3, 0.4) is 0 Å². The van der Waals surface area contributed by atoms with Crippen LogP contribution in [0.1, 0.15) is 54.6 Å². The van der Waals surface area contributed by atoms with Crippen molar-refractivity contribution in [1.29, 1.82) is 0 Å². The van der Waals surface area contributed by atoms with E-state index in [1.54, 1.807) is 19.1 Å². The molecule has 2 rings (SSSR count). The average molecular weight is 306 g/mol. The second-order valence-electron chi connectivity index (χ2n) is 5.46. The van der Waals surface area contributed by atoms with Gasteiger partial charge in [0.05, 0.1) is 6.61 Å². The molecule has 0 heterocycles. The summed E-state index contributed by atoms with van der Waals surface area (Å²) in [6.07, 6.45) is 3.49.